The van der Waals surface area contributed by atoms with Crippen LogP contribution in [0.1, 0.15) is 11.1 Å². The Bertz CT molecular complexity index is 905. The maximum Gasteiger partial charge on any atom is 0.264 e. The summed E-state index contributed by atoms with van der Waals surface area (Å²) in [6, 6.07) is 13.0. The zero-order valence-electron chi connectivity index (χ0n) is 14.2. The summed E-state index contributed by atoms with van der Waals surface area (Å²) in [5.74, 6) is 0.600. The van der Waals surface area contributed by atoms with Crippen molar-refractivity contribution in [3.63, 3.8) is 0 Å². The van der Waals surface area contributed by atoms with E-state index in [0.717, 1.165) is 22.6 Å². The van der Waals surface area contributed by atoms with Gasteiger partial charge in [-0.25, -0.2) is 4.99 Å². The Balaban J connectivity index is 1.75. The number of carbonyl (C=O) groups excluding carboxylic acids is 1. The van der Waals surface area contributed by atoms with E-state index < -0.39 is 0 Å². The second kappa shape index (κ2) is 8.25. The predicted molar refractivity (Wildman–Crippen MR) is 109 cm³/mol. The van der Waals surface area contributed by atoms with Crippen molar-refractivity contribution < 1.29 is 9.53 Å². The number of aryl methyl sites for hydroxylation is 1. The third-order valence-electron chi connectivity index (χ3n) is 3.58. The Labute approximate surface area is 161 Å². The quantitative estimate of drug-likeness (QED) is 0.576. The predicted octanol–water partition coefficient (Wildman–Crippen LogP) is 5.10. The van der Waals surface area contributed by atoms with Gasteiger partial charge in [0.1, 0.15) is 12.4 Å². The van der Waals surface area contributed by atoms with E-state index in [0.29, 0.717) is 21.7 Å². The van der Waals surface area contributed by atoms with E-state index in [1.54, 1.807) is 12.1 Å². The summed E-state index contributed by atoms with van der Waals surface area (Å²) in [6.07, 6.45) is 3.52. The average molecular weight is 385 g/mol. The highest BCUT2D eigenvalue weighted by Crippen LogP contribution is 2.30. The second-order valence-electron chi connectivity index (χ2n) is 5.58. The number of aliphatic imine (C=N–C) groups is 1. The molecule has 0 aromatic heterocycles. The molecule has 2 aromatic rings. The van der Waals surface area contributed by atoms with E-state index >= 15 is 0 Å². The van der Waals surface area contributed by atoms with Gasteiger partial charge in [0.2, 0.25) is 0 Å². The second-order valence-corrected chi connectivity index (χ2v) is 7.05. The first-order valence-corrected chi connectivity index (χ1v) is 9.14. The minimum Gasteiger partial charge on any atom is -0.490 e. The summed E-state index contributed by atoms with van der Waals surface area (Å²) in [4.78, 5) is 17.3. The minimum absolute atomic E-state index is 0.160. The van der Waals surface area contributed by atoms with Crippen LogP contribution in [0.5, 0.6) is 5.75 Å². The van der Waals surface area contributed by atoms with E-state index in [9.17, 15) is 4.79 Å². The number of rotatable bonds is 5. The van der Waals surface area contributed by atoms with Gasteiger partial charge in [0, 0.05) is 5.02 Å². The third kappa shape index (κ3) is 4.56. The molecule has 2 aromatic carbocycles. The molecule has 0 atom stereocenters. The molecule has 1 aliphatic rings. The average Bonchev–Trinajstić information content (AvgIpc) is 2.96. The monoisotopic (exact) mass is 384 g/mol. The number of ether oxygens (including phenoxy) is 1. The molecule has 1 amide bonds. The standard InChI is InChI=1S/C20H17ClN2O2S/c1-3-10-25-16-7-4-14(5-8-16)12-18-19(24)23-20(26-18)22-17-9-6-15(21)11-13(17)2/h3-9,11-12H,1,10H2,2H3,(H,22,23,24)/b18-12-. The van der Waals surface area contributed by atoms with Crippen LogP contribution in [0, 0.1) is 6.92 Å². The molecule has 0 aliphatic carbocycles. The van der Waals surface area contributed by atoms with Gasteiger partial charge in [0.05, 0.1) is 10.6 Å². The lowest BCUT2D eigenvalue weighted by Gasteiger charge is -2.03. The number of hydrogen-bond donors (Lipinski definition) is 1. The number of nitrogens with one attached hydrogen (secondary N) is 1. The molecule has 26 heavy (non-hydrogen) atoms. The molecular formula is C20H17ClN2O2S. The van der Waals surface area contributed by atoms with Crippen LogP contribution in [0.15, 0.2) is 65.0 Å². The lowest BCUT2D eigenvalue weighted by Crippen LogP contribution is -2.19. The van der Waals surface area contributed by atoms with Crippen molar-refractivity contribution in [1.82, 2.24) is 5.32 Å². The van der Waals surface area contributed by atoms with Gasteiger partial charge in [0.15, 0.2) is 5.17 Å². The Morgan fingerprint density at radius 3 is 2.73 bits per heavy atom. The molecule has 132 valence electrons. The van der Waals surface area contributed by atoms with Gasteiger partial charge < -0.3 is 10.1 Å². The van der Waals surface area contributed by atoms with Crippen molar-refractivity contribution in [1.29, 1.82) is 0 Å². The van der Waals surface area contributed by atoms with E-state index in [2.05, 4.69) is 16.9 Å². The summed E-state index contributed by atoms with van der Waals surface area (Å²) >= 11 is 7.28. The number of hydrogen-bond acceptors (Lipinski definition) is 4. The van der Waals surface area contributed by atoms with Crippen LogP contribution in [0.4, 0.5) is 5.69 Å². The molecule has 0 bridgehead atoms. The van der Waals surface area contributed by atoms with Gasteiger partial charge in [-0.3, -0.25) is 4.79 Å². The number of amidine groups is 1. The maximum atomic E-state index is 12.2. The van der Waals surface area contributed by atoms with E-state index in [4.69, 9.17) is 16.3 Å². The van der Waals surface area contributed by atoms with Crippen molar-refractivity contribution in [2.45, 2.75) is 6.92 Å². The van der Waals surface area contributed by atoms with E-state index in [-0.39, 0.29) is 5.91 Å². The molecule has 1 N–H and O–H groups in total. The highest BCUT2D eigenvalue weighted by Gasteiger charge is 2.23. The SMILES string of the molecule is C=CCOc1ccc(/C=C2\SC(=Nc3ccc(Cl)cc3C)NC2=O)cc1. The molecule has 1 heterocycles. The summed E-state index contributed by atoms with van der Waals surface area (Å²) in [6.45, 7) is 6.01. The van der Waals surface area contributed by atoms with Gasteiger partial charge in [-0.05, 0) is 66.2 Å². The van der Waals surface area contributed by atoms with Crippen LogP contribution in [0.2, 0.25) is 5.02 Å². The summed E-state index contributed by atoms with van der Waals surface area (Å²) in [5.41, 5.74) is 2.65. The number of nitrogens with zero attached hydrogens (tertiary/aromatic N) is 1. The van der Waals surface area contributed by atoms with Gasteiger partial charge >= 0.3 is 0 Å². The van der Waals surface area contributed by atoms with Crippen LogP contribution in [0.3, 0.4) is 0 Å². The minimum atomic E-state index is -0.160. The van der Waals surface area contributed by atoms with Crippen molar-refractivity contribution in [3.8, 4) is 5.75 Å². The fraction of sp³-hybridized carbons (Fsp3) is 0.100. The summed E-state index contributed by atoms with van der Waals surface area (Å²) < 4.78 is 5.45. The Morgan fingerprint density at radius 1 is 1.27 bits per heavy atom. The Hall–Kier alpha value is -2.50. The fourth-order valence-electron chi connectivity index (χ4n) is 2.30. The number of benzene rings is 2. The molecule has 0 radical (unpaired) electrons. The normalized spacial score (nSPS) is 16.8. The third-order valence-corrected chi connectivity index (χ3v) is 4.72. The first-order valence-electron chi connectivity index (χ1n) is 7.94. The van der Waals surface area contributed by atoms with Gasteiger partial charge in [-0.15, -0.1) is 0 Å². The highest BCUT2D eigenvalue weighted by atomic mass is 35.5. The maximum absolute atomic E-state index is 12.2. The van der Waals surface area contributed by atoms with Gasteiger partial charge in [0.25, 0.3) is 5.91 Å². The van der Waals surface area contributed by atoms with Crippen LogP contribution in [0.25, 0.3) is 6.08 Å². The van der Waals surface area contributed by atoms with Gasteiger partial charge in [-0.1, -0.05) is 36.4 Å². The molecule has 1 fully saturated rings. The number of thioether (sulfide) groups is 1. The molecule has 4 nitrogen and oxygen atoms in total. The van der Waals surface area contributed by atoms with E-state index in [1.807, 2.05) is 49.4 Å². The summed E-state index contributed by atoms with van der Waals surface area (Å²) in [5, 5.41) is 4.01. The lowest BCUT2D eigenvalue weighted by molar-refractivity contribution is -0.115. The van der Waals surface area contributed by atoms with E-state index in [1.165, 1.54) is 11.8 Å². The van der Waals surface area contributed by atoms with Crippen LogP contribution >= 0.6 is 23.4 Å². The fourth-order valence-corrected chi connectivity index (χ4v) is 3.36. The zero-order chi connectivity index (χ0) is 18.5. The van der Waals surface area contributed by atoms with Crippen molar-refractivity contribution in [2.75, 3.05) is 6.61 Å². The Kier molecular flexibility index (Phi) is 5.81. The number of amides is 1. The molecule has 1 aliphatic heterocycles. The zero-order valence-corrected chi connectivity index (χ0v) is 15.7. The summed E-state index contributed by atoms with van der Waals surface area (Å²) in [7, 11) is 0. The molecule has 0 saturated carbocycles. The number of halogens is 1. The van der Waals surface area contributed by atoms with Crippen molar-refractivity contribution in [3.05, 3.63) is 76.2 Å². The highest BCUT2D eigenvalue weighted by molar-refractivity contribution is 8.18. The topological polar surface area (TPSA) is 50.7 Å². The van der Waals surface area contributed by atoms with Crippen molar-refractivity contribution in [2.24, 2.45) is 4.99 Å². The first-order chi connectivity index (χ1) is 12.5. The van der Waals surface area contributed by atoms with Gasteiger partial charge in [-0.2, -0.15) is 0 Å². The molecule has 0 unspecified atom stereocenters. The molecule has 6 heteroatoms. The first kappa shape index (κ1) is 18.3. The molecule has 1 saturated heterocycles. The van der Waals surface area contributed by atoms with Crippen LogP contribution in [-0.2, 0) is 4.79 Å². The van der Waals surface area contributed by atoms with Crippen LogP contribution < -0.4 is 10.1 Å². The number of carbonyl (C=O) groups is 1. The molecule has 0 spiro atoms. The van der Waals surface area contributed by atoms with Crippen molar-refractivity contribution >= 4 is 46.2 Å². The molecular weight excluding hydrogens is 368 g/mol. The lowest BCUT2D eigenvalue weighted by atomic mass is 10.2. The molecule has 3 rings (SSSR count). The van der Waals surface area contributed by atoms with Crippen LogP contribution in [-0.4, -0.2) is 17.7 Å². The largest absolute Gasteiger partial charge is 0.490 e. The smallest absolute Gasteiger partial charge is 0.264 e. The Morgan fingerprint density at radius 2 is 2.04 bits per heavy atom.